The molecule has 0 amide bonds. The van der Waals surface area contributed by atoms with Gasteiger partial charge in [-0.15, -0.1) is 0 Å². The maximum absolute atomic E-state index is 11.3. The predicted molar refractivity (Wildman–Crippen MR) is 74.6 cm³/mol. The highest BCUT2D eigenvalue weighted by molar-refractivity contribution is 7.91. The Kier molecular flexibility index (Phi) is 6.15. The van der Waals surface area contributed by atoms with Crippen LogP contribution in [0.4, 0.5) is 5.69 Å². The summed E-state index contributed by atoms with van der Waals surface area (Å²) >= 11 is 0. The number of nitrogens with one attached hydrogen (secondary N) is 1. The van der Waals surface area contributed by atoms with Gasteiger partial charge in [0.05, 0.1) is 12.4 Å². The average molecular weight is 271 g/mol. The zero-order chi connectivity index (χ0) is 13.4. The Morgan fingerprint density at radius 1 is 1.28 bits per heavy atom. The van der Waals surface area contributed by atoms with Gasteiger partial charge in [0.25, 0.3) is 0 Å². The highest BCUT2D eigenvalue weighted by Crippen LogP contribution is 2.15. The minimum Gasteiger partial charge on any atom is -0.385 e. The topological polar surface area (TPSA) is 55.4 Å². The predicted octanol–water partition coefficient (Wildman–Crippen LogP) is 2.07. The number of hydrogen-bond donors (Lipinski definition) is 1. The number of rotatable bonds is 8. The van der Waals surface area contributed by atoms with Crippen LogP contribution in [0.3, 0.4) is 0 Å². The molecule has 5 heteroatoms. The minimum atomic E-state index is -2.86. The second-order valence-corrected chi connectivity index (χ2v) is 6.58. The molecule has 0 radical (unpaired) electrons. The Morgan fingerprint density at radius 2 is 2.00 bits per heavy atom. The molecular weight excluding hydrogens is 250 g/mol. The summed E-state index contributed by atoms with van der Waals surface area (Å²) in [4.78, 5) is 0. The molecule has 4 nitrogen and oxygen atoms in total. The van der Waals surface area contributed by atoms with Crippen LogP contribution in [0.5, 0.6) is 0 Å². The van der Waals surface area contributed by atoms with E-state index in [0.29, 0.717) is 19.6 Å². The fourth-order valence-electron chi connectivity index (χ4n) is 1.63. The molecule has 0 fully saturated rings. The van der Waals surface area contributed by atoms with E-state index in [-0.39, 0.29) is 11.5 Å². The third-order valence-electron chi connectivity index (χ3n) is 2.70. The van der Waals surface area contributed by atoms with E-state index in [2.05, 4.69) is 5.32 Å². The summed E-state index contributed by atoms with van der Waals surface area (Å²) in [6, 6.07) is 7.88. The first-order valence-corrected chi connectivity index (χ1v) is 7.92. The standard InChI is InChI=1S/C13H21NO3S/c1-3-18(15,16)10-6-9-14-13-8-5-4-7-12(13)11-17-2/h4-5,7-8,14H,3,6,9-11H2,1-2H3. The molecule has 0 aromatic heterocycles. The van der Waals surface area contributed by atoms with Crippen molar-refractivity contribution in [2.24, 2.45) is 0 Å². The molecule has 0 spiro atoms. The molecule has 102 valence electrons. The molecule has 0 saturated carbocycles. The molecule has 0 heterocycles. The van der Waals surface area contributed by atoms with Crippen molar-refractivity contribution in [1.29, 1.82) is 0 Å². The van der Waals surface area contributed by atoms with Crippen LogP contribution in [0.15, 0.2) is 24.3 Å². The van der Waals surface area contributed by atoms with E-state index in [4.69, 9.17) is 4.74 Å². The van der Waals surface area contributed by atoms with Crippen molar-refractivity contribution in [2.45, 2.75) is 20.0 Å². The summed E-state index contributed by atoms with van der Waals surface area (Å²) in [6.07, 6.45) is 0.623. The SMILES string of the molecule is CCS(=O)(=O)CCCNc1ccccc1COC. The van der Waals surface area contributed by atoms with Crippen LogP contribution < -0.4 is 5.32 Å². The third-order valence-corrected chi connectivity index (χ3v) is 4.49. The second kappa shape index (κ2) is 7.38. The number of sulfone groups is 1. The molecule has 1 aromatic rings. The van der Waals surface area contributed by atoms with E-state index >= 15 is 0 Å². The Labute approximate surface area is 109 Å². The van der Waals surface area contributed by atoms with Crippen molar-refractivity contribution in [2.75, 3.05) is 30.5 Å². The first kappa shape index (κ1) is 15.0. The lowest BCUT2D eigenvalue weighted by Crippen LogP contribution is -2.13. The Hall–Kier alpha value is -1.07. The van der Waals surface area contributed by atoms with Crippen molar-refractivity contribution in [3.8, 4) is 0 Å². The van der Waals surface area contributed by atoms with E-state index in [9.17, 15) is 8.42 Å². The van der Waals surface area contributed by atoms with Crippen LogP contribution in [-0.4, -0.2) is 33.6 Å². The summed E-state index contributed by atoms with van der Waals surface area (Å²) in [5, 5.41) is 3.25. The van der Waals surface area contributed by atoms with Gasteiger partial charge in [0, 0.05) is 30.7 Å². The van der Waals surface area contributed by atoms with Gasteiger partial charge in [0.15, 0.2) is 0 Å². The number of ether oxygens (including phenoxy) is 1. The number of para-hydroxylation sites is 1. The van der Waals surface area contributed by atoms with Gasteiger partial charge >= 0.3 is 0 Å². The van der Waals surface area contributed by atoms with Crippen LogP contribution in [-0.2, 0) is 21.2 Å². The van der Waals surface area contributed by atoms with Gasteiger partial charge in [-0.1, -0.05) is 25.1 Å². The lowest BCUT2D eigenvalue weighted by Gasteiger charge is -2.11. The molecule has 1 aromatic carbocycles. The Morgan fingerprint density at radius 3 is 2.67 bits per heavy atom. The lowest BCUT2D eigenvalue weighted by atomic mass is 10.2. The quantitative estimate of drug-likeness (QED) is 0.735. The zero-order valence-electron chi connectivity index (χ0n) is 11.0. The smallest absolute Gasteiger partial charge is 0.150 e. The molecule has 0 saturated heterocycles. The van der Waals surface area contributed by atoms with E-state index in [1.165, 1.54) is 0 Å². The lowest BCUT2D eigenvalue weighted by molar-refractivity contribution is 0.185. The average Bonchev–Trinajstić information content (AvgIpc) is 2.37. The van der Waals surface area contributed by atoms with Gasteiger partial charge in [-0.2, -0.15) is 0 Å². The van der Waals surface area contributed by atoms with E-state index in [0.717, 1.165) is 11.3 Å². The maximum Gasteiger partial charge on any atom is 0.150 e. The van der Waals surface area contributed by atoms with Gasteiger partial charge in [-0.3, -0.25) is 0 Å². The fraction of sp³-hybridized carbons (Fsp3) is 0.538. The number of anilines is 1. The van der Waals surface area contributed by atoms with Crippen molar-refractivity contribution >= 4 is 15.5 Å². The largest absolute Gasteiger partial charge is 0.385 e. The van der Waals surface area contributed by atoms with E-state index in [1.807, 2.05) is 24.3 Å². The van der Waals surface area contributed by atoms with Crippen molar-refractivity contribution < 1.29 is 13.2 Å². The van der Waals surface area contributed by atoms with Crippen molar-refractivity contribution in [3.63, 3.8) is 0 Å². The van der Waals surface area contributed by atoms with Crippen LogP contribution in [0, 0.1) is 0 Å². The van der Waals surface area contributed by atoms with Crippen molar-refractivity contribution in [3.05, 3.63) is 29.8 Å². The highest BCUT2D eigenvalue weighted by atomic mass is 32.2. The van der Waals surface area contributed by atoms with Crippen LogP contribution in [0.1, 0.15) is 18.9 Å². The summed E-state index contributed by atoms with van der Waals surface area (Å²) < 4.78 is 27.8. The van der Waals surface area contributed by atoms with Gasteiger partial charge in [0.1, 0.15) is 9.84 Å². The Bertz CT molecular complexity index is 457. The van der Waals surface area contributed by atoms with E-state index in [1.54, 1.807) is 14.0 Å². The molecule has 18 heavy (non-hydrogen) atoms. The maximum atomic E-state index is 11.3. The first-order chi connectivity index (χ1) is 8.59. The summed E-state index contributed by atoms with van der Waals surface area (Å²) in [5.41, 5.74) is 2.09. The van der Waals surface area contributed by atoms with Crippen LogP contribution in [0.2, 0.25) is 0 Å². The molecule has 0 aliphatic rings. The van der Waals surface area contributed by atoms with Crippen LogP contribution >= 0.6 is 0 Å². The van der Waals surface area contributed by atoms with Crippen LogP contribution in [0.25, 0.3) is 0 Å². The van der Waals surface area contributed by atoms with Gasteiger partial charge in [-0.05, 0) is 12.5 Å². The summed E-state index contributed by atoms with van der Waals surface area (Å²) in [7, 11) is -1.20. The monoisotopic (exact) mass is 271 g/mol. The number of methoxy groups -OCH3 is 1. The second-order valence-electron chi connectivity index (χ2n) is 4.11. The number of hydrogen-bond acceptors (Lipinski definition) is 4. The molecule has 1 rings (SSSR count). The fourth-order valence-corrected chi connectivity index (χ4v) is 2.51. The zero-order valence-corrected chi connectivity index (χ0v) is 11.8. The molecule has 0 aliphatic carbocycles. The van der Waals surface area contributed by atoms with Gasteiger partial charge in [-0.25, -0.2) is 8.42 Å². The van der Waals surface area contributed by atoms with E-state index < -0.39 is 9.84 Å². The third kappa shape index (κ3) is 5.06. The minimum absolute atomic E-state index is 0.216. The molecule has 0 unspecified atom stereocenters. The molecule has 1 N–H and O–H groups in total. The summed E-state index contributed by atoms with van der Waals surface area (Å²) in [5.74, 6) is 0.455. The molecular formula is C13H21NO3S. The van der Waals surface area contributed by atoms with Gasteiger partial charge < -0.3 is 10.1 Å². The normalized spacial score (nSPS) is 11.4. The Balaban J connectivity index is 2.44. The summed E-state index contributed by atoms with van der Waals surface area (Å²) in [6.45, 7) is 2.88. The first-order valence-electron chi connectivity index (χ1n) is 6.10. The highest BCUT2D eigenvalue weighted by Gasteiger charge is 2.06. The molecule has 0 atom stereocenters. The number of benzene rings is 1. The van der Waals surface area contributed by atoms with Crippen molar-refractivity contribution in [1.82, 2.24) is 0 Å². The van der Waals surface area contributed by atoms with Gasteiger partial charge in [0.2, 0.25) is 0 Å². The molecule has 0 aliphatic heterocycles. The molecule has 0 bridgehead atoms.